The summed E-state index contributed by atoms with van der Waals surface area (Å²) in [4.78, 5) is 23.0. The maximum atomic E-state index is 12.2. The second-order valence-corrected chi connectivity index (χ2v) is 5.75. The molecule has 3 atom stereocenters. The van der Waals surface area contributed by atoms with Crippen LogP contribution in [0, 0.1) is 0 Å². The quantitative estimate of drug-likeness (QED) is 0.879. The Kier molecular flexibility index (Phi) is 3.92. The fraction of sp³-hybridized carbons (Fsp3) is 0.500. The Balaban J connectivity index is 1.56. The normalized spacial score (nSPS) is 27.9. The molecule has 3 rings (SSSR count). The van der Waals surface area contributed by atoms with Gasteiger partial charge in [0.05, 0.1) is 0 Å². The minimum Gasteiger partial charge on any atom is -0.479 e. The summed E-state index contributed by atoms with van der Waals surface area (Å²) < 4.78 is 5.28. The van der Waals surface area contributed by atoms with Gasteiger partial charge in [-0.25, -0.2) is 4.79 Å². The summed E-state index contributed by atoms with van der Waals surface area (Å²) in [7, 11) is 0. The van der Waals surface area contributed by atoms with Gasteiger partial charge in [-0.1, -0.05) is 24.3 Å². The molecule has 1 aromatic carbocycles. The highest BCUT2D eigenvalue weighted by Crippen LogP contribution is 2.23. The fourth-order valence-corrected chi connectivity index (χ4v) is 3.13. The predicted molar refractivity (Wildman–Crippen MR) is 75.9 cm³/mol. The standard InChI is InChI=1S/C16H19NO4/c18-15(13-7-8-14(21-13)16(19)20)17-12-6-5-10-3-1-2-4-11(10)9-12/h1-4,12-14H,5-9H2,(H,17,18)(H,19,20)/t12?,13-,14+/m0/s1. The number of ether oxygens (including phenoxy) is 1. The summed E-state index contributed by atoms with van der Waals surface area (Å²) in [6.07, 6.45) is 2.13. The van der Waals surface area contributed by atoms with Crippen molar-refractivity contribution in [2.45, 2.75) is 50.4 Å². The average Bonchev–Trinajstić information content (AvgIpc) is 2.97. The number of hydrogen-bond acceptors (Lipinski definition) is 3. The first-order valence-corrected chi connectivity index (χ1v) is 7.39. The van der Waals surface area contributed by atoms with Crippen LogP contribution in [0.25, 0.3) is 0 Å². The number of hydrogen-bond donors (Lipinski definition) is 2. The van der Waals surface area contributed by atoms with Crippen LogP contribution in [0.2, 0.25) is 0 Å². The third-order valence-corrected chi connectivity index (χ3v) is 4.28. The molecule has 0 radical (unpaired) electrons. The lowest BCUT2D eigenvalue weighted by Gasteiger charge is -2.26. The van der Waals surface area contributed by atoms with Gasteiger partial charge in [-0.2, -0.15) is 0 Å². The van der Waals surface area contributed by atoms with Crippen molar-refractivity contribution in [2.75, 3.05) is 0 Å². The summed E-state index contributed by atoms with van der Waals surface area (Å²) >= 11 is 0. The van der Waals surface area contributed by atoms with Crippen LogP contribution in [0.5, 0.6) is 0 Å². The van der Waals surface area contributed by atoms with Crippen LogP contribution < -0.4 is 5.32 Å². The van der Waals surface area contributed by atoms with E-state index in [9.17, 15) is 9.59 Å². The first kappa shape index (κ1) is 14.1. The van der Waals surface area contributed by atoms with Gasteiger partial charge in [-0.05, 0) is 43.2 Å². The van der Waals surface area contributed by atoms with E-state index >= 15 is 0 Å². The molecular formula is C16H19NO4. The molecule has 5 nitrogen and oxygen atoms in total. The number of carboxylic acids is 1. The molecule has 5 heteroatoms. The lowest BCUT2D eigenvalue weighted by atomic mass is 9.88. The van der Waals surface area contributed by atoms with Crippen LogP contribution in [0.3, 0.4) is 0 Å². The third kappa shape index (κ3) is 3.08. The van der Waals surface area contributed by atoms with Crippen molar-refractivity contribution in [3.8, 4) is 0 Å². The maximum Gasteiger partial charge on any atom is 0.332 e. The number of nitrogens with one attached hydrogen (secondary N) is 1. The molecule has 1 amide bonds. The molecule has 1 heterocycles. The number of carbonyl (C=O) groups excluding carboxylic acids is 1. The zero-order valence-corrected chi connectivity index (χ0v) is 11.7. The Morgan fingerprint density at radius 1 is 1.10 bits per heavy atom. The molecule has 1 aliphatic carbocycles. The van der Waals surface area contributed by atoms with E-state index in [4.69, 9.17) is 9.84 Å². The molecule has 21 heavy (non-hydrogen) atoms. The number of aliphatic carboxylic acids is 1. The molecule has 1 unspecified atom stereocenters. The summed E-state index contributed by atoms with van der Waals surface area (Å²) in [6.45, 7) is 0. The summed E-state index contributed by atoms with van der Waals surface area (Å²) in [5, 5.41) is 11.9. The minimum absolute atomic E-state index is 0.111. The first-order valence-electron chi connectivity index (χ1n) is 7.39. The van der Waals surface area contributed by atoms with E-state index in [-0.39, 0.29) is 11.9 Å². The van der Waals surface area contributed by atoms with Crippen LogP contribution in [0.15, 0.2) is 24.3 Å². The lowest BCUT2D eigenvalue weighted by molar-refractivity contribution is -0.151. The number of aryl methyl sites for hydroxylation is 1. The number of amides is 1. The molecule has 1 fully saturated rings. The number of carbonyl (C=O) groups is 2. The molecular weight excluding hydrogens is 270 g/mol. The SMILES string of the molecule is O=C(NC1CCc2ccccc2C1)[C@@H]1CC[C@H](C(=O)O)O1. The molecule has 0 aromatic heterocycles. The Morgan fingerprint density at radius 3 is 2.52 bits per heavy atom. The van der Waals surface area contributed by atoms with E-state index in [2.05, 4.69) is 17.4 Å². The van der Waals surface area contributed by atoms with E-state index in [0.717, 1.165) is 19.3 Å². The van der Waals surface area contributed by atoms with Crippen LogP contribution in [-0.2, 0) is 27.2 Å². The van der Waals surface area contributed by atoms with Crippen LogP contribution in [-0.4, -0.2) is 35.2 Å². The second kappa shape index (κ2) is 5.85. The van der Waals surface area contributed by atoms with Crippen LogP contribution in [0.1, 0.15) is 30.4 Å². The first-order chi connectivity index (χ1) is 10.1. The van der Waals surface area contributed by atoms with Gasteiger partial charge in [0.1, 0.15) is 6.10 Å². The highest BCUT2D eigenvalue weighted by atomic mass is 16.5. The Labute approximate surface area is 123 Å². The second-order valence-electron chi connectivity index (χ2n) is 5.75. The number of fused-ring (bicyclic) bond motifs is 1. The van der Waals surface area contributed by atoms with Crippen molar-refractivity contribution in [1.82, 2.24) is 5.32 Å². The molecule has 2 N–H and O–H groups in total. The van der Waals surface area contributed by atoms with E-state index in [1.165, 1.54) is 11.1 Å². The Hall–Kier alpha value is -1.88. The van der Waals surface area contributed by atoms with Crippen molar-refractivity contribution in [2.24, 2.45) is 0 Å². The van der Waals surface area contributed by atoms with Gasteiger partial charge in [0.15, 0.2) is 6.10 Å². The van der Waals surface area contributed by atoms with Gasteiger partial charge in [0.25, 0.3) is 0 Å². The number of benzene rings is 1. The minimum atomic E-state index is -0.989. The predicted octanol–water partition coefficient (Wildman–Crippen LogP) is 1.29. The average molecular weight is 289 g/mol. The number of rotatable bonds is 3. The molecule has 0 spiro atoms. The van der Waals surface area contributed by atoms with Gasteiger partial charge in [0, 0.05) is 6.04 Å². The molecule has 2 aliphatic rings. The van der Waals surface area contributed by atoms with Crippen molar-refractivity contribution < 1.29 is 19.4 Å². The summed E-state index contributed by atoms with van der Waals surface area (Å²) in [5.74, 6) is -1.17. The van der Waals surface area contributed by atoms with Gasteiger partial charge in [0.2, 0.25) is 5.91 Å². The molecule has 0 saturated carbocycles. The van der Waals surface area contributed by atoms with Gasteiger partial charge >= 0.3 is 5.97 Å². The maximum absolute atomic E-state index is 12.2. The van der Waals surface area contributed by atoms with Gasteiger partial charge in [-0.3, -0.25) is 4.79 Å². The molecule has 1 aromatic rings. The van der Waals surface area contributed by atoms with E-state index in [1.54, 1.807) is 0 Å². The highest BCUT2D eigenvalue weighted by Gasteiger charge is 2.35. The lowest BCUT2D eigenvalue weighted by Crippen LogP contribution is -2.44. The van der Waals surface area contributed by atoms with Crippen molar-refractivity contribution in [3.05, 3.63) is 35.4 Å². The van der Waals surface area contributed by atoms with Crippen LogP contribution >= 0.6 is 0 Å². The van der Waals surface area contributed by atoms with Crippen molar-refractivity contribution >= 4 is 11.9 Å². The topological polar surface area (TPSA) is 75.6 Å². The fourth-order valence-electron chi connectivity index (χ4n) is 3.13. The van der Waals surface area contributed by atoms with E-state index in [1.807, 2.05) is 12.1 Å². The molecule has 112 valence electrons. The Bertz CT molecular complexity index is 557. The van der Waals surface area contributed by atoms with Crippen molar-refractivity contribution in [3.63, 3.8) is 0 Å². The summed E-state index contributed by atoms with van der Waals surface area (Å²) in [6, 6.07) is 8.39. The highest BCUT2D eigenvalue weighted by molar-refractivity contribution is 5.82. The summed E-state index contributed by atoms with van der Waals surface area (Å²) in [5.41, 5.74) is 2.64. The molecule has 1 aliphatic heterocycles. The molecule has 0 bridgehead atoms. The third-order valence-electron chi connectivity index (χ3n) is 4.28. The largest absolute Gasteiger partial charge is 0.479 e. The van der Waals surface area contributed by atoms with Crippen molar-refractivity contribution in [1.29, 1.82) is 0 Å². The Morgan fingerprint density at radius 2 is 1.81 bits per heavy atom. The monoisotopic (exact) mass is 289 g/mol. The smallest absolute Gasteiger partial charge is 0.332 e. The van der Waals surface area contributed by atoms with E-state index in [0.29, 0.717) is 12.8 Å². The molecule has 1 saturated heterocycles. The van der Waals surface area contributed by atoms with E-state index < -0.39 is 18.2 Å². The number of carboxylic acid groups (broad SMARTS) is 1. The van der Waals surface area contributed by atoms with Gasteiger partial charge < -0.3 is 15.2 Å². The van der Waals surface area contributed by atoms with Gasteiger partial charge in [-0.15, -0.1) is 0 Å². The zero-order valence-electron chi connectivity index (χ0n) is 11.7. The van der Waals surface area contributed by atoms with Crippen LogP contribution in [0.4, 0.5) is 0 Å². The zero-order chi connectivity index (χ0) is 14.8.